The lowest BCUT2D eigenvalue weighted by Gasteiger charge is -2.37. The number of rotatable bonds is 2. The van der Waals surface area contributed by atoms with Crippen molar-refractivity contribution in [2.24, 2.45) is 0 Å². The third kappa shape index (κ3) is 4.57. The highest BCUT2D eigenvalue weighted by Crippen LogP contribution is 2.39. The summed E-state index contributed by atoms with van der Waals surface area (Å²) in [5.41, 5.74) is -0.0970. The highest BCUT2D eigenvalue weighted by molar-refractivity contribution is 6.00. The standard InChI is InChI=1S/C23H29N3O5/c1-17(27)24-10-4-11-25(14-13-24)22(30)16-26-12-9-23(8-7-21(26)29)15-19(28)18-5-2-3-6-20(18)31-23/h2-3,5-6H,4,7-16H2,1H3. The fraction of sp³-hybridized carbons (Fsp3) is 0.565. The van der Waals surface area contributed by atoms with Crippen molar-refractivity contribution in [2.75, 3.05) is 39.3 Å². The highest BCUT2D eigenvalue weighted by Gasteiger charge is 2.43. The normalized spacial score (nSPS) is 24.4. The second kappa shape index (κ2) is 8.69. The molecular weight excluding hydrogens is 398 g/mol. The third-order valence-electron chi connectivity index (χ3n) is 6.60. The Morgan fingerprint density at radius 2 is 1.74 bits per heavy atom. The molecule has 3 aliphatic heterocycles. The maximum atomic E-state index is 12.9. The molecule has 1 atom stereocenters. The van der Waals surface area contributed by atoms with Crippen molar-refractivity contribution in [3.8, 4) is 5.75 Å². The summed E-state index contributed by atoms with van der Waals surface area (Å²) in [5, 5.41) is 0. The lowest BCUT2D eigenvalue weighted by Crippen LogP contribution is -2.45. The predicted molar refractivity (Wildman–Crippen MR) is 113 cm³/mol. The van der Waals surface area contributed by atoms with Gasteiger partial charge in [-0.15, -0.1) is 0 Å². The molecular formula is C23H29N3O5. The fourth-order valence-electron chi connectivity index (χ4n) is 4.72. The van der Waals surface area contributed by atoms with Crippen LogP contribution in [0.4, 0.5) is 0 Å². The Hall–Kier alpha value is -2.90. The predicted octanol–water partition coefficient (Wildman–Crippen LogP) is 1.48. The number of carbonyl (C=O) groups excluding carboxylic acids is 4. The van der Waals surface area contributed by atoms with Crippen molar-refractivity contribution in [3.05, 3.63) is 29.8 Å². The first-order valence-corrected chi connectivity index (χ1v) is 11.0. The first kappa shape index (κ1) is 21.3. The van der Waals surface area contributed by atoms with Gasteiger partial charge in [-0.05, 0) is 25.0 Å². The maximum Gasteiger partial charge on any atom is 0.242 e. The minimum atomic E-state index is -0.691. The van der Waals surface area contributed by atoms with Gasteiger partial charge in [0.15, 0.2) is 5.78 Å². The number of hydrogen-bond donors (Lipinski definition) is 0. The van der Waals surface area contributed by atoms with E-state index in [1.807, 2.05) is 12.1 Å². The Morgan fingerprint density at radius 1 is 1.00 bits per heavy atom. The molecule has 1 aromatic rings. The molecule has 0 aliphatic carbocycles. The van der Waals surface area contributed by atoms with Crippen molar-refractivity contribution >= 4 is 23.5 Å². The smallest absolute Gasteiger partial charge is 0.242 e. The molecule has 8 nitrogen and oxygen atoms in total. The van der Waals surface area contributed by atoms with Crippen LogP contribution in [-0.2, 0) is 14.4 Å². The first-order chi connectivity index (χ1) is 14.9. The van der Waals surface area contributed by atoms with Crippen LogP contribution in [0.5, 0.6) is 5.75 Å². The third-order valence-corrected chi connectivity index (χ3v) is 6.60. The Bertz CT molecular complexity index is 901. The average molecular weight is 428 g/mol. The van der Waals surface area contributed by atoms with E-state index in [-0.39, 0.29) is 42.9 Å². The molecule has 1 aromatic carbocycles. The van der Waals surface area contributed by atoms with Gasteiger partial charge >= 0.3 is 0 Å². The number of likely N-dealkylation sites (tertiary alicyclic amines) is 1. The van der Waals surface area contributed by atoms with Gasteiger partial charge in [0.25, 0.3) is 0 Å². The van der Waals surface area contributed by atoms with E-state index in [9.17, 15) is 19.2 Å². The first-order valence-electron chi connectivity index (χ1n) is 11.0. The van der Waals surface area contributed by atoms with Crippen molar-refractivity contribution in [1.29, 1.82) is 0 Å². The Kier molecular flexibility index (Phi) is 5.98. The number of benzene rings is 1. The monoisotopic (exact) mass is 427 g/mol. The van der Waals surface area contributed by atoms with Gasteiger partial charge in [-0.2, -0.15) is 0 Å². The van der Waals surface area contributed by atoms with Crippen molar-refractivity contribution in [2.45, 2.75) is 44.6 Å². The van der Waals surface area contributed by atoms with Gasteiger partial charge in [0.1, 0.15) is 11.4 Å². The second-order valence-electron chi connectivity index (χ2n) is 8.69. The molecule has 2 saturated heterocycles. The van der Waals surface area contributed by atoms with Crippen LogP contribution in [0.25, 0.3) is 0 Å². The molecule has 1 spiro atoms. The molecule has 1 unspecified atom stereocenters. The van der Waals surface area contributed by atoms with Crippen LogP contribution in [0.2, 0.25) is 0 Å². The van der Waals surface area contributed by atoms with E-state index >= 15 is 0 Å². The Balaban J connectivity index is 1.39. The Morgan fingerprint density at radius 3 is 2.55 bits per heavy atom. The summed E-state index contributed by atoms with van der Waals surface area (Å²) >= 11 is 0. The van der Waals surface area contributed by atoms with E-state index in [4.69, 9.17) is 4.74 Å². The van der Waals surface area contributed by atoms with E-state index in [1.165, 1.54) is 0 Å². The number of carbonyl (C=O) groups is 4. The molecule has 0 aromatic heterocycles. The molecule has 8 heteroatoms. The van der Waals surface area contributed by atoms with Gasteiger partial charge in [-0.1, -0.05) is 12.1 Å². The molecule has 4 rings (SSSR count). The Labute approximate surface area is 182 Å². The van der Waals surface area contributed by atoms with Gasteiger partial charge < -0.3 is 19.4 Å². The van der Waals surface area contributed by atoms with E-state index in [0.29, 0.717) is 56.9 Å². The fourth-order valence-corrected chi connectivity index (χ4v) is 4.72. The summed E-state index contributed by atoms with van der Waals surface area (Å²) in [4.78, 5) is 55.0. The summed E-state index contributed by atoms with van der Waals surface area (Å²) in [7, 11) is 0. The number of hydrogen-bond acceptors (Lipinski definition) is 5. The molecule has 0 N–H and O–H groups in total. The second-order valence-corrected chi connectivity index (χ2v) is 8.69. The van der Waals surface area contributed by atoms with Gasteiger partial charge in [0, 0.05) is 52.5 Å². The van der Waals surface area contributed by atoms with Crippen LogP contribution >= 0.6 is 0 Å². The highest BCUT2D eigenvalue weighted by atomic mass is 16.5. The molecule has 2 fully saturated rings. The van der Waals surface area contributed by atoms with E-state index in [2.05, 4.69) is 0 Å². The molecule has 3 aliphatic rings. The lowest BCUT2D eigenvalue weighted by atomic mass is 9.84. The van der Waals surface area contributed by atoms with Crippen LogP contribution in [0.3, 0.4) is 0 Å². The molecule has 0 radical (unpaired) electrons. The number of ether oxygens (including phenoxy) is 1. The maximum absolute atomic E-state index is 12.9. The summed E-state index contributed by atoms with van der Waals surface area (Å²) in [5.74, 6) is 0.459. The largest absolute Gasteiger partial charge is 0.486 e. The zero-order chi connectivity index (χ0) is 22.0. The number of Topliss-reactive ketones (excluding diaryl/α,β-unsaturated/α-hetero) is 1. The molecule has 0 saturated carbocycles. The summed E-state index contributed by atoms with van der Waals surface area (Å²) in [6, 6.07) is 7.23. The van der Waals surface area contributed by atoms with Crippen molar-refractivity contribution in [3.63, 3.8) is 0 Å². The number of fused-ring (bicyclic) bond motifs is 1. The van der Waals surface area contributed by atoms with Crippen LogP contribution in [0, 0.1) is 0 Å². The SMILES string of the molecule is CC(=O)N1CCCN(C(=O)CN2CCC3(CCC2=O)CC(=O)c2ccccc2O3)CC1. The zero-order valence-electron chi connectivity index (χ0n) is 18.0. The van der Waals surface area contributed by atoms with Crippen LogP contribution < -0.4 is 4.74 Å². The summed E-state index contributed by atoms with van der Waals surface area (Å²) < 4.78 is 6.25. The minimum absolute atomic E-state index is 0.0193. The van der Waals surface area contributed by atoms with Crippen molar-refractivity contribution in [1.82, 2.24) is 14.7 Å². The lowest BCUT2D eigenvalue weighted by molar-refractivity contribution is -0.140. The van der Waals surface area contributed by atoms with Crippen LogP contribution in [0.1, 0.15) is 49.4 Å². The minimum Gasteiger partial charge on any atom is -0.486 e. The van der Waals surface area contributed by atoms with Crippen LogP contribution in [-0.4, -0.2) is 83.1 Å². The van der Waals surface area contributed by atoms with E-state index < -0.39 is 5.60 Å². The van der Waals surface area contributed by atoms with Gasteiger partial charge in [-0.25, -0.2) is 0 Å². The summed E-state index contributed by atoms with van der Waals surface area (Å²) in [6.45, 7) is 4.19. The molecule has 3 amide bonds. The van der Waals surface area contributed by atoms with E-state index in [0.717, 1.165) is 6.42 Å². The number of amides is 3. The topological polar surface area (TPSA) is 87.2 Å². The molecule has 166 valence electrons. The van der Waals surface area contributed by atoms with E-state index in [1.54, 1.807) is 33.8 Å². The van der Waals surface area contributed by atoms with Gasteiger partial charge in [0.2, 0.25) is 17.7 Å². The summed E-state index contributed by atoms with van der Waals surface area (Å²) in [6.07, 6.45) is 2.22. The number of nitrogens with zero attached hydrogens (tertiary/aromatic N) is 3. The van der Waals surface area contributed by atoms with Crippen molar-refractivity contribution < 1.29 is 23.9 Å². The quantitative estimate of drug-likeness (QED) is 0.714. The van der Waals surface area contributed by atoms with Crippen LogP contribution in [0.15, 0.2) is 24.3 Å². The molecule has 3 heterocycles. The molecule has 31 heavy (non-hydrogen) atoms. The zero-order valence-corrected chi connectivity index (χ0v) is 18.0. The average Bonchev–Trinajstić information content (AvgIpc) is 3.08. The number of ketones is 1. The molecule has 0 bridgehead atoms. The van der Waals surface area contributed by atoms with Gasteiger partial charge in [-0.3, -0.25) is 19.2 Å². The number of para-hydroxylation sites is 1. The van der Waals surface area contributed by atoms with Gasteiger partial charge in [0.05, 0.1) is 18.5 Å².